The van der Waals surface area contributed by atoms with Gasteiger partial charge in [-0.25, -0.2) is 4.79 Å². The van der Waals surface area contributed by atoms with E-state index in [-0.39, 0.29) is 5.75 Å². The summed E-state index contributed by atoms with van der Waals surface area (Å²) in [5, 5.41) is 16.8. The van der Waals surface area contributed by atoms with Crippen LogP contribution in [0.5, 0.6) is 0 Å². The molecule has 0 heterocycles. The van der Waals surface area contributed by atoms with Crippen molar-refractivity contribution in [1.82, 2.24) is 0 Å². The highest BCUT2D eigenvalue weighted by Crippen LogP contribution is 2.00. The molecule has 0 fully saturated rings. The van der Waals surface area contributed by atoms with Crippen LogP contribution < -0.4 is 0 Å². The van der Waals surface area contributed by atoms with Crippen molar-refractivity contribution in [3.8, 4) is 0 Å². The van der Waals surface area contributed by atoms with Crippen molar-refractivity contribution in [1.29, 1.82) is 0 Å². The molecule has 0 unspecified atom stereocenters. The number of carbonyl (C=O) groups is 1. The SMILES string of the molecule is CCSC[C@H](O)C(=O)O. The zero-order chi connectivity index (χ0) is 7.28. The highest BCUT2D eigenvalue weighted by molar-refractivity contribution is 7.99. The highest BCUT2D eigenvalue weighted by atomic mass is 32.2. The number of thioether (sulfide) groups is 1. The second kappa shape index (κ2) is 4.64. The van der Waals surface area contributed by atoms with Crippen LogP contribution in [-0.2, 0) is 4.79 Å². The van der Waals surface area contributed by atoms with Crippen LogP contribution in [-0.4, -0.2) is 33.8 Å². The van der Waals surface area contributed by atoms with Gasteiger partial charge in [0.1, 0.15) is 0 Å². The van der Waals surface area contributed by atoms with Crippen LogP contribution in [0, 0.1) is 0 Å². The van der Waals surface area contributed by atoms with Gasteiger partial charge in [-0.05, 0) is 5.75 Å². The summed E-state index contributed by atoms with van der Waals surface area (Å²) in [4.78, 5) is 9.94. The Morgan fingerprint density at radius 1 is 1.78 bits per heavy atom. The summed E-state index contributed by atoms with van der Waals surface area (Å²) in [6.45, 7) is 1.92. The summed E-state index contributed by atoms with van der Waals surface area (Å²) in [6.07, 6.45) is -1.20. The summed E-state index contributed by atoms with van der Waals surface area (Å²) in [6, 6.07) is 0. The first kappa shape index (κ1) is 8.78. The van der Waals surface area contributed by atoms with Crippen LogP contribution in [0.4, 0.5) is 0 Å². The van der Waals surface area contributed by atoms with Gasteiger partial charge in [-0.2, -0.15) is 11.8 Å². The van der Waals surface area contributed by atoms with Crippen molar-refractivity contribution < 1.29 is 15.0 Å². The first-order valence-electron chi connectivity index (χ1n) is 2.67. The van der Waals surface area contributed by atoms with Crippen molar-refractivity contribution in [2.45, 2.75) is 13.0 Å². The number of hydrogen-bond donors (Lipinski definition) is 2. The van der Waals surface area contributed by atoms with Crippen molar-refractivity contribution in [2.75, 3.05) is 11.5 Å². The van der Waals surface area contributed by atoms with Gasteiger partial charge >= 0.3 is 5.97 Å². The van der Waals surface area contributed by atoms with E-state index in [4.69, 9.17) is 10.2 Å². The maximum absolute atomic E-state index is 9.94. The molecule has 0 aliphatic carbocycles. The Hall–Kier alpha value is -0.220. The van der Waals surface area contributed by atoms with Gasteiger partial charge < -0.3 is 10.2 Å². The number of aliphatic hydroxyl groups is 1. The van der Waals surface area contributed by atoms with Crippen molar-refractivity contribution >= 4 is 17.7 Å². The maximum Gasteiger partial charge on any atom is 0.333 e. The molecule has 0 saturated heterocycles. The fourth-order valence-electron chi connectivity index (χ4n) is 0.301. The van der Waals surface area contributed by atoms with Gasteiger partial charge in [0.25, 0.3) is 0 Å². The second-order valence-electron chi connectivity index (χ2n) is 1.51. The summed E-state index contributed by atoms with van der Waals surface area (Å²) in [5.41, 5.74) is 0. The number of hydrogen-bond acceptors (Lipinski definition) is 3. The van der Waals surface area contributed by atoms with Crippen molar-refractivity contribution in [3.63, 3.8) is 0 Å². The zero-order valence-electron chi connectivity index (χ0n) is 5.20. The molecular formula is C5H10O3S. The number of carboxylic acid groups (broad SMARTS) is 1. The topological polar surface area (TPSA) is 57.5 Å². The van der Waals surface area contributed by atoms with Crippen LogP contribution in [0.25, 0.3) is 0 Å². The Kier molecular flexibility index (Phi) is 4.53. The first-order valence-corrected chi connectivity index (χ1v) is 3.82. The van der Waals surface area contributed by atoms with Crippen LogP contribution in [0.1, 0.15) is 6.92 Å². The molecule has 54 valence electrons. The fourth-order valence-corrected chi connectivity index (χ4v) is 0.902. The number of aliphatic carboxylic acids is 1. The van der Waals surface area contributed by atoms with Gasteiger partial charge in [0.2, 0.25) is 0 Å². The summed E-state index contributed by atoms with van der Waals surface area (Å²) in [7, 11) is 0. The predicted molar refractivity (Wildman–Crippen MR) is 36.6 cm³/mol. The molecule has 9 heavy (non-hydrogen) atoms. The van der Waals surface area contributed by atoms with E-state index in [2.05, 4.69) is 0 Å². The molecule has 0 rings (SSSR count). The molecule has 0 amide bonds. The molecule has 3 nitrogen and oxygen atoms in total. The lowest BCUT2D eigenvalue weighted by atomic mass is 10.4. The summed E-state index contributed by atoms with van der Waals surface area (Å²) >= 11 is 1.41. The molecule has 2 N–H and O–H groups in total. The molecule has 0 spiro atoms. The minimum Gasteiger partial charge on any atom is -0.479 e. The number of carboxylic acids is 1. The fraction of sp³-hybridized carbons (Fsp3) is 0.800. The molecule has 0 aromatic rings. The second-order valence-corrected chi connectivity index (χ2v) is 2.83. The maximum atomic E-state index is 9.94. The van der Waals surface area contributed by atoms with Crippen LogP contribution in [0.2, 0.25) is 0 Å². The van der Waals surface area contributed by atoms with Crippen LogP contribution in [0.3, 0.4) is 0 Å². The summed E-state index contributed by atoms with van der Waals surface area (Å²) in [5.74, 6) is -0.0214. The lowest BCUT2D eigenvalue weighted by Gasteiger charge is -2.01. The Morgan fingerprint density at radius 2 is 2.33 bits per heavy atom. The Labute approximate surface area is 58.1 Å². The molecule has 0 aromatic heterocycles. The Balaban J connectivity index is 3.27. The lowest BCUT2D eigenvalue weighted by molar-refractivity contribution is -0.145. The van der Waals surface area contributed by atoms with Crippen LogP contribution >= 0.6 is 11.8 Å². The van der Waals surface area contributed by atoms with E-state index in [9.17, 15) is 4.79 Å². The van der Waals surface area contributed by atoms with Gasteiger partial charge in [-0.1, -0.05) is 6.92 Å². The average molecular weight is 150 g/mol. The monoisotopic (exact) mass is 150 g/mol. The number of aliphatic hydroxyl groups excluding tert-OH is 1. The largest absolute Gasteiger partial charge is 0.479 e. The minimum absolute atomic E-state index is 0.284. The molecule has 0 aliphatic heterocycles. The van der Waals surface area contributed by atoms with Gasteiger partial charge in [0.05, 0.1) is 0 Å². The first-order chi connectivity index (χ1) is 4.18. The van der Waals surface area contributed by atoms with Gasteiger partial charge in [0.15, 0.2) is 6.10 Å². The molecule has 0 aromatic carbocycles. The third-order valence-corrected chi connectivity index (χ3v) is 1.72. The van der Waals surface area contributed by atoms with E-state index in [1.165, 1.54) is 11.8 Å². The lowest BCUT2D eigenvalue weighted by Crippen LogP contribution is -2.21. The van der Waals surface area contributed by atoms with Gasteiger partial charge in [-0.3, -0.25) is 0 Å². The van der Waals surface area contributed by atoms with E-state index >= 15 is 0 Å². The van der Waals surface area contributed by atoms with Gasteiger partial charge in [0, 0.05) is 5.75 Å². The zero-order valence-corrected chi connectivity index (χ0v) is 6.02. The van der Waals surface area contributed by atoms with E-state index in [0.29, 0.717) is 0 Å². The van der Waals surface area contributed by atoms with Gasteiger partial charge in [-0.15, -0.1) is 0 Å². The quantitative estimate of drug-likeness (QED) is 0.600. The summed E-state index contributed by atoms with van der Waals surface area (Å²) < 4.78 is 0. The molecule has 1 atom stereocenters. The molecule has 0 radical (unpaired) electrons. The van der Waals surface area contributed by atoms with E-state index in [0.717, 1.165) is 5.75 Å². The predicted octanol–water partition coefficient (Wildman–Crippen LogP) is 0.185. The molecule has 0 saturated carbocycles. The third-order valence-electron chi connectivity index (χ3n) is 0.765. The molecule has 4 heteroatoms. The Morgan fingerprint density at radius 3 is 2.67 bits per heavy atom. The third kappa shape index (κ3) is 4.29. The van der Waals surface area contributed by atoms with Crippen LogP contribution in [0.15, 0.2) is 0 Å². The van der Waals surface area contributed by atoms with E-state index in [1.54, 1.807) is 0 Å². The Bertz CT molecular complexity index is 94.2. The molecule has 0 aliphatic rings. The standard InChI is InChI=1S/C5H10O3S/c1-2-9-3-4(6)5(7)8/h4,6H,2-3H2,1H3,(H,7,8)/t4-/m0/s1. The minimum atomic E-state index is -1.20. The van der Waals surface area contributed by atoms with Crippen molar-refractivity contribution in [3.05, 3.63) is 0 Å². The van der Waals surface area contributed by atoms with E-state index in [1.807, 2.05) is 6.92 Å². The average Bonchev–Trinajstić information content (AvgIpc) is 1.82. The normalized spacial score (nSPS) is 13.1. The smallest absolute Gasteiger partial charge is 0.333 e. The molecule has 0 bridgehead atoms. The van der Waals surface area contributed by atoms with Crippen molar-refractivity contribution in [2.24, 2.45) is 0 Å². The number of rotatable bonds is 4. The molecular weight excluding hydrogens is 140 g/mol. The van der Waals surface area contributed by atoms with E-state index < -0.39 is 12.1 Å². The highest BCUT2D eigenvalue weighted by Gasteiger charge is 2.10.